The molecular weight excluding hydrogens is 236 g/mol. The van der Waals surface area contributed by atoms with Crippen molar-refractivity contribution in [3.05, 3.63) is 0 Å². The molecule has 4 heteroatoms. The minimum atomic E-state index is -1.43. The smallest absolute Gasteiger partial charge is 0.198 e. The zero-order chi connectivity index (χ0) is 12.4. The Morgan fingerprint density at radius 1 is 1.12 bits per heavy atom. The summed E-state index contributed by atoms with van der Waals surface area (Å²) in [6.07, 6.45) is 6.01. The van der Waals surface area contributed by atoms with Crippen molar-refractivity contribution in [2.24, 2.45) is 0 Å². The van der Waals surface area contributed by atoms with Crippen molar-refractivity contribution in [1.82, 2.24) is 0 Å². The second kappa shape index (κ2) is 9.51. The fraction of sp³-hybridized carbons (Fsp3) is 1.00. The van der Waals surface area contributed by atoms with E-state index in [9.17, 15) is 0 Å². The lowest BCUT2D eigenvalue weighted by molar-refractivity contribution is 0.282. The van der Waals surface area contributed by atoms with Gasteiger partial charge >= 0.3 is 0 Å². The highest BCUT2D eigenvalue weighted by molar-refractivity contribution is 8.01. The number of aliphatic hydroxyl groups is 1. The van der Waals surface area contributed by atoms with Gasteiger partial charge in [0.15, 0.2) is 8.32 Å². The first-order chi connectivity index (χ1) is 7.54. The third-order valence-corrected chi connectivity index (χ3v) is 9.41. The van der Waals surface area contributed by atoms with E-state index in [0.29, 0.717) is 11.5 Å². The molecule has 0 amide bonds. The lowest BCUT2D eigenvalue weighted by Gasteiger charge is -2.27. The summed E-state index contributed by atoms with van der Waals surface area (Å²) in [4.78, 5) is 0.676. The van der Waals surface area contributed by atoms with Crippen LogP contribution < -0.4 is 0 Å². The van der Waals surface area contributed by atoms with Gasteiger partial charge in [-0.3, -0.25) is 0 Å². The molecule has 98 valence electrons. The SMILES string of the molecule is CO[Si](C)(C)C(C)SCCCCCCCO. The van der Waals surface area contributed by atoms with Crippen LogP contribution in [-0.2, 0) is 4.43 Å². The zero-order valence-electron chi connectivity index (χ0n) is 11.3. The summed E-state index contributed by atoms with van der Waals surface area (Å²) in [6.45, 7) is 7.21. The summed E-state index contributed by atoms with van der Waals surface area (Å²) in [6, 6.07) is 0. The van der Waals surface area contributed by atoms with Gasteiger partial charge in [0.2, 0.25) is 0 Å². The predicted octanol–water partition coefficient (Wildman–Crippen LogP) is 3.44. The minimum Gasteiger partial charge on any atom is -0.419 e. The van der Waals surface area contributed by atoms with E-state index in [-0.39, 0.29) is 0 Å². The molecule has 0 aliphatic heterocycles. The highest BCUT2D eigenvalue weighted by Gasteiger charge is 2.28. The molecule has 0 aliphatic rings. The maximum absolute atomic E-state index is 8.64. The van der Waals surface area contributed by atoms with Gasteiger partial charge in [-0.05, 0) is 31.7 Å². The second-order valence-electron chi connectivity index (χ2n) is 4.81. The van der Waals surface area contributed by atoms with Crippen molar-refractivity contribution in [2.75, 3.05) is 19.5 Å². The van der Waals surface area contributed by atoms with Crippen LogP contribution in [0.3, 0.4) is 0 Å². The molecule has 16 heavy (non-hydrogen) atoms. The van der Waals surface area contributed by atoms with Crippen LogP contribution in [0.5, 0.6) is 0 Å². The Kier molecular flexibility index (Phi) is 9.80. The van der Waals surface area contributed by atoms with E-state index in [1.54, 1.807) is 0 Å². The molecular formula is C12H28O2SSi. The van der Waals surface area contributed by atoms with Gasteiger partial charge < -0.3 is 9.53 Å². The van der Waals surface area contributed by atoms with E-state index >= 15 is 0 Å². The van der Waals surface area contributed by atoms with Gasteiger partial charge in [-0.1, -0.05) is 26.2 Å². The van der Waals surface area contributed by atoms with Crippen LogP contribution in [0.4, 0.5) is 0 Å². The summed E-state index contributed by atoms with van der Waals surface area (Å²) in [5.41, 5.74) is 0. The van der Waals surface area contributed by atoms with E-state index in [4.69, 9.17) is 9.53 Å². The summed E-state index contributed by atoms with van der Waals surface area (Å²) < 4.78 is 5.60. The van der Waals surface area contributed by atoms with Crippen LogP contribution in [0.2, 0.25) is 13.1 Å². The fourth-order valence-electron chi connectivity index (χ4n) is 1.37. The molecule has 0 aromatic rings. The van der Waals surface area contributed by atoms with Crippen molar-refractivity contribution >= 4 is 20.1 Å². The van der Waals surface area contributed by atoms with Gasteiger partial charge in [0, 0.05) is 18.6 Å². The molecule has 0 radical (unpaired) electrons. The molecule has 0 aliphatic carbocycles. The first-order valence-electron chi connectivity index (χ1n) is 6.32. The summed E-state index contributed by atoms with van der Waals surface area (Å²) >= 11 is 2.06. The van der Waals surface area contributed by atoms with Crippen LogP contribution in [-0.4, -0.2) is 37.8 Å². The topological polar surface area (TPSA) is 29.5 Å². The van der Waals surface area contributed by atoms with Crippen molar-refractivity contribution in [2.45, 2.75) is 57.0 Å². The maximum atomic E-state index is 8.64. The van der Waals surface area contributed by atoms with Crippen LogP contribution in [0, 0.1) is 0 Å². The molecule has 0 rings (SSSR count). The van der Waals surface area contributed by atoms with Crippen LogP contribution >= 0.6 is 11.8 Å². The highest BCUT2D eigenvalue weighted by atomic mass is 32.2. The Balaban J connectivity index is 3.38. The molecule has 1 N–H and O–H groups in total. The van der Waals surface area contributed by atoms with Crippen molar-refractivity contribution in [3.63, 3.8) is 0 Å². The molecule has 0 aromatic heterocycles. The number of aliphatic hydroxyl groups excluding tert-OH is 1. The zero-order valence-corrected chi connectivity index (χ0v) is 13.1. The van der Waals surface area contributed by atoms with E-state index in [0.717, 1.165) is 6.42 Å². The Morgan fingerprint density at radius 2 is 1.69 bits per heavy atom. The van der Waals surface area contributed by atoms with E-state index in [1.165, 1.54) is 31.4 Å². The molecule has 0 spiro atoms. The lowest BCUT2D eigenvalue weighted by atomic mass is 10.2. The average molecular weight is 265 g/mol. The molecule has 2 nitrogen and oxygen atoms in total. The molecule has 0 bridgehead atoms. The Bertz CT molecular complexity index is 165. The molecule has 0 heterocycles. The van der Waals surface area contributed by atoms with Crippen molar-refractivity contribution in [1.29, 1.82) is 0 Å². The Hall–Kier alpha value is 0.487. The first-order valence-corrected chi connectivity index (χ1v) is 10.4. The molecule has 1 atom stereocenters. The van der Waals surface area contributed by atoms with Gasteiger partial charge in [0.05, 0.1) is 0 Å². The minimum absolute atomic E-state index is 0.347. The fourth-order valence-corrected chi connectivity index (χ4v) is 4.67. The van der Waals surface area contributed by atoms with E-state index in [2.05, 4.69) is 31.8 Å². The molecule has 1 unspecified atom stereocenters. The maximum Gasteiger partial charge on any atom is 0.198 e. The quantitative estimate of drug-likeness (QED) is 0.484. The first kappa shape index (κ1) is 16.5. The number of rotatable bonds is 10. The Morgan fingerprint density at radius 3 is 2.25 bits per heavy atom. The third-order valence-electron chi connectivity index (χ3n) is 3.18. The summed E-state index contributed by atoms with van der Waals surface area (Å²) in [5.74, 6) is 1.25. The van der Waals surface area contributed by atoms with Crippen LogP contribution in [0.1, 0.15) is 39.0 Å². The Labute approximate surface area is 106 Å². The van der Waals surface area contributed by atoms with Gasteiger partial charge in [0.1, 0.15) is 0 Å². The number of unbranched alkanes of at least 4 members (excludes halogenated alkanes) is 4. The molecule has 0 saturated heterocycles. The normalized spacial score (nSPS) is 14.1. The summed E-state index contributed by atoms with van der Waals surface area (Å²) in [5, 5.41) is 8.64. The number of thioether (sulfide) groups is 1. The predicted molar refractivity (Wildman–Crippen MR) is 76.6 cm³/mol. The molecule has 0 saturated carbocycles. The van der Waals surface area contributed by atoms with Crippen LogP contribution in [0.25, 0.3) is 0 Å². The number of hydrogen-bond donors (Lipinski definition) is 1. The third kappa shape index (κ3) is 7.71. The van der Waals surface area contributed by atoms with E-state index < -0.39 is 8.32 Å². The standard InChI is InChI=1S/C12H28O2SSi/c1-12(16(3,4)14-2)15-11-9-7-5-6-8-10-13/h12-13H,5-11H2,1-4H3. The van der Waals surface area contributed by atoms with Gasteiger partial charge in [-0.2, -0.15) is 11.8 Å². The second-order valence-corrected chi connectivity index (χ2v) is 11.2. The monoisotopic (exact) mass is 264 g/mol. The van der Waals surface area contributed by atoms with Gasteiger partial charge in [-0.15, -0.1) is 0 Å². The van der Waals surface area contributed by atoms with Crippen molar-refractivity contribution in [3.8, 4) is 0 Å². The lowest BCUT2D eigenvalue weighted by Crippen LogP contribution is -2.40. The van der Waals surface area contributed by atoms with Gasteiger partial charge in [-0.25, -0.2) is 0 Å². The van der Waals surface area contributed by atoms with Crippen molar-refractivity contribution < 1.29 is 9.53 Å². The van der Waals surface area contributed by atoms with Crippen LogP contribution in [0.15, 0.2) is 0 Å². The van der Waals surface area contributed by atoms with E-state index in [1.807, 2.05) is 7.11 Å². The number of hydrogen-bond acceptors (Lipinski definition) is 3. The molecule has 0 aromatic carbocycles. The highest BCUT2D eigenvalue weighted by Crippen LogP contribution is 2.23. The summed E-state index contributed by atoms with van der Waals surface area (Å²) in [7, 11) is 0.413. The average Bonchev–Trinajstić information content (AvgIpc) is 2.27. The molecule has 0 fully saturated rings. The van der Waals surface area contributed by atoms with Gasteiger partial charge in [0.25, 0.3) is 0 Å². The largest absolute Gasteiger partial charge is 0.419 e.